The molecule has 0 fully saturated rings. The van der Waals surface area contributed by atoms with Gasteiger partial charge in [-0.2, -0.15) is 0 Å². The Morgan fingerprint density at radius 3 is 1.94 bits per heavy atom. The number of rotatable bonds is 3. The maximum absolute atomic E-state index is 11.5. The van der Waals surface area contributed by atoms with Crippen LogP contribution in [-0.4, -0.2) is 18.9 Å². The number of ether oxygens (including phenoxy) is 1. The summed E-state index contributed by atoms with van der Waals surface area (Å²) in [7, 11) is 1.19. The molecule has 2 aromatic carbocycles. The van der Waals surface area contributed by atoms with Gasteiger partial charge in [0.2, 0.25) is 0 Å². The molecule has 0 aliphatic carbocycles. The smallest absolute Gasteiger partial charge is 0.379 e. The van der Waals surface area contributed by atoms with Gasteiger partial charge in [0.25, 0.3) is 5.78 Å². The summed E-state index contributed by atoms with van der Waals surface area (Å²) in [5.41, 5.74) is 2.40. The van der Waals surface area contributed by atoms with Crippen LogP contribution < -0.4 is 0 Å². The number of esters is 1. The molecule has 0 radical (unpaired) electrons. The lowest BCUT2D eigenvalue weighted by atomic mass is 10.0. The number of hydrogen-bond donors (Lipinski definition) is 0. The Morgan fingerprint density at radius 2 is 1.39 bits per heavy atom. The standard InChI is InChI=1S/C15H12O3/c1-18-15(17)14(16)13-9-7-12(8-10-13)11-5-3-2-4-6-11/h2-10H,1H3. The molecule has 0 unspecified atom stereocenters. The summed E-state index contributed by atoms with van der Waals surface area (Å²) in [6.07, 6.45) is 0. The van der Waals surface area contributed by atoms with Gasteiger partial charge in [0.1, 0.15) is 0 Å². The summed E-state index contributed by atoms with van der Waals surface area (Å²) < 4.78 is 4.39. The molecular weight excluding hydrogens is 228 g/mol. The molecule has 3 heteroatoms. The molecule has 0 saturated carbocycles. The second kappa shape index (κ2) is 5.27. The van der Waals surface area contributed by atoms with Gasteiger partial charge in [-0.15, -0.1) is 0 Å². The molecule has 0 amide bonds. The van der Waals surface area contributed by atoms with Crippen molar-refractivity contribution in [2.75, 3.05) is 7.11 Å². The normalized spacial score (nSPS) is 9.83. The van der Waals surface area contributed by atoms with E-state index in [0.29, 0.717) is 5.56 Å². The molecule has 0 aromatic heterocycles. The van der Waals surface area contributed by atoms with Crippen LogP contribution in [0.25, 0.3) is 11.1 Å². The maximum atomic E-state index is 11.5. The molecule has 2 aromatic rings. The minimum atomic E-state index is -0.845. The second-order valence-corrected chi connectivity index (χ2v) is 3.76. The van der Waals surface area contributed by atoms with Crippen LogP contribution in [0.3, 0.4) is 0 Å². The van der Waals surface area contributed by atoms with E-state index in [-0.39, 0.29) is 0 Å². The predicted molar refractivity (Wildman–Crippen MR) is 68.2 cm³/mol. The van der Waals surface area contributed by atoms with E-state index in [9.17, 15) is 9.59 Å². The summed E-state index contributed by atoms with van der Waals surface area (Å²) in [6.45, 7) is 0. The zero-order chi connectivity index (χ0) is 13.0. The monoisotopic (exact) mass is 240 g/mol. The van der Waals surface area contributed by atoms with Crippen molar-refractivity contribution in [1.82, 2.24) is 0 Å². The van der Waals surface area contributed by atoms with Crippen LogP contribution in [0.2, 0.25) is 0 Å². The van der Waals surface area contributed by atoms with Crippen LogP contribution in [0.1, 0.15) is 10.4 Å². The minimum absolute atomic E-state index is 0.335. The van der Waals surface area contributed by atoms with Crippen LogP contribution in [0.4, 0.5) is 0 Å². The van der Waals surface area contributed by atoms with E-state index < -0.39 is 11.8 Å². The highest BCUT2D eigenvalue weighted by Gasteiger charge is 2.16. The molecule has 0 aliphatic rings. The van der Waals surface area contributed by atoms with Crippen molar-refractivity contribution in [3.05, 3.63) is 60.2 Å². The Morgan fingerprint density at radius 1 is 0.833 bits per heavy atom. The third-order valence-corrected chi connectivity index (χ3v) is 2.63. The van der Waals surface area contributed by atoms with Crippen molar-refractivity contribution in [3.8, 4) is 11.1 Å². The van der Waals surface area contributed by atoms with Crippen LogP contribution in [-0.2, 0) is 9.53 Å². The van der Waals surface area contributed by atoms with E-state index in [1.165, 1.54) is 7.11 Å². The average Bonchev–Trinajstić information content (AvgIpc) is 2.47. The Hall–Kier alpha value is -2.42. The summed E-state index contributed by atoms with van der Waals surface area (Å²) in [6, 6.07) is 16.7. The predicted octanol–water partition coefficient (Wildman–Crippen LogP) is 2.71. The Kier molecular flexibility index (Phi) is 3.53. The van der Waals surface area contributed by atoms with Gasteiger partial charge < -0.3 is 4.74 Å². The molecule has 0 atom stereocenters. The second-order valence-electron chi connectivity index (χ2n) is 3.76. The topological polar surface area (TPSA) is 43.4 Å². The van der Waals surface area contributed by atoms with Gasteiger partial charge in [-0.3, -0.25) is 4.79 Å². The van der Waals surface area contributed by atoms with Gasteiger partial charge in [-0.1, -0.05) is 54.6 Å². The van der Waals surface area contributed by atoms with Crippen LogP contribution >= 0.6 is 0 Å². The first-order valence-corrected chi connectivity index (χ1v) is 5.50. The minimum Gasteiger partial charge on any atom is -0.463 e. The number of ketones is 1. The average molecular weight is 240 g/mol. The van der Waals surface area contributed by atoms with E-state index in [0.717, 1.165) is 11.1 Å². The van der Waals surface area contributed by atoms with Crippen molar-refractivity contribution >= 4 is 11.8 Å². The number of carbonyl (C=O) groups is 2. The highest BCUT2D eigenvalue weighted by Crippen LogP contribution is 2.19. The third-order valence-electron chi connectivity index (χ3n) is 2.63. The molecule has 0 heterocycles. The van der Waals surface area contributed by atoms with Crippen molar-refractivity contribution in [1.29, 1.82) is 0 Å². The summed E-state index contributed by atoms with van der Waals surface area (Å²) >= 11 is 0. The summed E-state index contributed by atoms with van der Waals surface area (Å²) in [5.74, 6) is -1.47. The molecular formula is C15H12O3. The van der Waals surface area contributed by atoms with Crippen LogP contribution in [0.15, 0.2) is 54.6 Å². The van der Waals surface area contributed by atoms with Crippen molar-refractivity contribution < 1.29 is 14.3 Å². The largest absolute Gasteiger partial charge is 0.463 e. The number of hydrogen-bond acceptors (Lipinski definition) is 3. The highest BCUT2D eigenvalue weighted by atomic mass is 16.5. The first-order valence-electron chi connectivity index (χ1n) is 5.50. The Balaban J connectivity index is 2.26. The van der Waals surface area contributed by atoms with Gasteiger partial charge in [0, 0.05) is 5.56 Å². The first kappa shape index (κ1) is 12.0. The van der Waals surface area contributed by atoms with E-state index in [1.807, 2.05) is 42.5 Å². The molecule has 0 N–H and O–H groups in total. The van der Waals surface area contributed by atoms with Gasteiger partial charge in [0.15, 0.2) is 0 Å². The zero-order valence-corrected chi connectivity index (χ0v) is 9.92. The third kappa shape index (κ3) is 2.46. The lowest BCUT2D eigenvalue weighted by molar-refractivity contribution is -0.135. The zero-order valence-electron chi connectivity index (χ0n) is 9.92. The van der Waals surface area contributed by atoms with E-state index in [4.69, 9.17) is 0 Å². The highest BCUT2D eigenvalue weighted by molar-refractivity contribution is 6.40. The quantitative estimate of drug-likeness (QED) is 0.470. The lowest BCUT2D eigenvalue weighted by Crippen LogP contribution is -2.15. The van der Waals surface area contributed by atoms with Crippen molar-refractivity contribution in [2.24, 2.45) is 0 Å². The Bertz CT molecular complexity index is 556. The first-order chi connectivity index (χ1) is 8.72. The Labute approximate surface area is 105 Å². The maximum Gasteiger partial charge on any atom is 0.379 e. The fraction of sp³-hybridized carbons (Fsp3) is 0.0667. The molecule has 3 nitrogen and oxygen atoms in total. The van der Waals surface area contributed by atoms with E-state index in [2.05, 4.69) is 4.74 Å². The molecule has 90 valence electrons. The number of methoxy groups -OCH3 is 1. The molecule has 0 saturated heterocycles. The van der Waals surface area contributed by atoms with Gasteiger partial charge >= 0.3 is 5.97 Å². The molecule has 0 spiro atoms. The number of Topliss-reactive ketones (excluding diaryl/α,β-unsaturated/α-hetero) is 1. The van der Waals surface area contributed by atoms with Crippen molar-refractivity contribution in [3.63, 3.8) is 0 Å². The van der Waals surface area contributed by atoms with Crippen LogP contribution in [0.5, 0.6) is 0 Å². The van der Waals surface area contributed by atoms with E-state index in [1.54, 1.807) is 12.1 Å². The van der Waals surface area contributed by atoms with Gasteiger partial charge in [0.05, 0.1) is 7.11 Å². The fourth-order valence-corrected chi connectivity index (χ4v) is 1.66. The molecule has 18 heavy (non-hydrogen) atoms. The van der Waals surface area contributed by atoms with Crippen LogP contribution in [0, 0.1) is 0 Å². The molecule has 2 rings (SSSR count). The molecule has 0 aliphatic heterocycles. The summed E-state index contributed by atoms with van der Waals surface area (Å²) in [4.78, 5) is 22.6. The SMILES string of the molecule is COC(=O)C(=O)c1ccc(-c2ccccc2)cc1. The number of benzene rings is 2. The van der Waals surface area contributed by atoms with Crippen molar-refractivity contribution in [2.45, 2.75) is 0 Å². The lowest BCUT2D eigenvalue weighted by Gasteiger charge is -2.03. The number of carbonyl (C=O) groups excluding carboxylic acids is 2. The van der Waals surface area contributed by atoms with E-state index >= 15 is 0 Å². The molecule has 0 bridgehead atoms. The van der Waals surface area contributed by atoms with Gasteiger partial charge in [-0.25, -0.2) is 4.79 Å². The fourth-order valence-electron chi connectivity index (χ4n) is 1.66. The summed E-state index contributed by atoms with van der Waals surface area (Å²) in [5, 5.41) is 0. The van der Waals surface area contributed by atoms with Gasteiger partial charge in [-0.05, 0) is 11.1 Å².